The smallest absolute Gasteiger partial charge is 0.179 e. The molecule has 0 fully saturated rings. The summed E-state index contributed by atoms with van der Waals surface area (Å²) >= 11 is 0. The molecule has 1 rings (SSSR count). The molecule has 4 nitrogen and oxygen atoms in total. The van der Waals surface area contributed by atoms with Crippen LogP contribution in [0.1, 0.15) is 33.3 Å². The van der Waals surface area contributed by atoms with E-state index in [1.165, 1.54) is 12.1 Å². The van der Waals surface area contributed by atoms with Crippen molar-refractivity contribution in [3.63, 3.8) is 0 Å². The second kappa shape index (κ2) is 6.38. The van der Waals surface area contributed by atoms with Crippen molar-refractivity contribution in [2.75, 3.05) is 12.3 Å². The molecule has 0 aliphatic heterocycles. The van der Waals surface area contributed by atoms with E-state index in [4.69, 9.17) is 5.26 Å². The van der Waals surface area contributed by atoms with E-state index in [9.17, 15) is 8.42 Å². The fourth-order valence-corrected chi connectivity index (χ4v) is 2.81. The van der Waals surface area contributed by atoms with Crippen molar-refractivity contribution in [3.8, 4) is 6.07 Å². The van der Waals surface area contributed by atoms with Crippen molar-refractivity contribution >= 4 is 9.84 Å². The van der Waals surface area contributed by atoms with E-state index in [2.05, 4.69) is 26.1 Å². The van der Waals surface area contributed by atoms with Crippen LogP contribution in [0.5, 0.6) is 0 Å². The van der Waals surface area contributed by atoms with Crippen LogP contribution in [0.15, 0.2) is 29.2 Å². The number of nitriles is 1. The molecule has 20 heavy (non-hydrogen) atoms. The van der Waals surface area contributed by atoms with Crippen molar-refractivity contribution in [2.45, 2.75) is 38.6 Å². The Labute approximate surface area is 121 Å². The number of rotatable bonds is 5. The van der Waals surface area contributed by atoms with Crippen molar-refractivity contribution in [1.29, 1.82) is 5.26 Å². The predicted octanol–water partition coefficient (Wildman–Crippen LogP) is 2.36. The molecule has 1 unspecified atom stereocenters. The standard InChI is InChI=1S/C15H22N2O2S/c1-12(15(2,3)4)17-8-9-20(18,19)14-7-5-6-13(10-14)11-16/h5-7,10,12,17H,8-9H2,1-4H3. The van der Waals surface area contributed by atoms with Gasteiger partial charge in [0.2, 0.25) is 0 Å². The maximum absolute atomic E-state index is 12.2. The number of nitrogens with zero attached hydrogens (tertiary/aromatic N) is 1. The first kappa shape index (κ1) is 16.7. The van der Waals surface area contributed by atoms with Crippen LogP contribution in [0.4, 0.5) is 0 Å². The van der Waals surface area contributed by atoms with Gasteiger partial charge in [-0.3, -0.25) is 0 Å². The molecular formula is C15H22N2O2S. The quantitative estimate of drug-likeness (QED) is 0.905. The molecule has 0 heterocycles. The van der Waals surface area contributed by atoms with E-state index in [-0.39, 0.29) is 22.1 Å². The number of nitrogens with one attached hydrogen (secondary N) is 1. The first-order valence-corrected chi connectivity index (χ1v) is 8.28. The van der Waals surface area contributed by atoms with E-state index in [1.807, 2.05) is 13.0 Å². The Kier molecular flexibility index (Phi) is 5.32. The highest BCUT2D eigenvalue weighted by atomic mass is 32.2. The van der Waals surface area contributed by atoms with Crippen LogP contribution in [-0.4, -0.2) is 26.8 Å². The Morgan fingerprint density at radius 3 is 2.55 bits per heavy atom. The average molecular weight is 294 g/mol. The van der Waals surface area contributed by atoms with Crippen molar-refractivity contribution in [1.82, 2.24) is 5.32 Å². The lowest BCUT2D eigenvalue weighted by molar-refractivity contribution is 0.291. The normalized spacial score (nSPS) is 13.8. The minimum atomic E-state index is -3.35. The van der Waals surface area contributed by atoms with Gasteiger partial charge in [-0.2, -0.15) is 5.26 Å². The van der Waals surface area contributed by atoms with Gasteiger partial charge in [0.1, 0.15) is 0 Å². The second-order valence-corrected chi connectivity index (χ2v) is 8.11. The van der Waals surface area contributed by atoms with E-state index < -0.39 is 9.84 Å². The zero-order chi connectivity index (χ0) is 15.4. The number of benzene rings is 1. The van der Waals surface area contributed by atoms with E-state index in [0.717, 1.165) is 0 Å². The van der Waals surface area contributed by atoms with E-state index >= 15 is 0 Å². The summed E-state index contributed by atoms with van der Waals surface area (Å²) in [6.07, 6.45) is 0. The molecule has 110 valence electrons. The van der Waals surface area contributed by atoms with Gasteiger partial charge in [0.25, 0.3) is 0 Å². The molecule has 0 aliphatic rings. The molecule has 1 aromatic rings. The number of hydrogen-bond donors (Lipinski definition) is 1. The topological polar surface area (TPSA) is 70.0 Å². The predicted molar refractivity (Wildman–Crippen MR) is 80.1 cm³/mol. The lowest BCUT2D eigenvalue weighted by atomic mass is 9.88. The maximum Gasteiger partial charge on any atom is 0.179 e. The van der Waals surface area contributed by atoms with Gasteiger partial charge in [-0.25, -0.2) is 8.42 Å². The largest absolute Gasteiger partial charge is 0.313 e. The highest BCUT2D eigenvalue weighted by molar-refractivity contribution is 7.91. The highest BCUT2D eigenvalue weighted by Crippen LogP contribution is 2.18. The molecule has 0 bridgehead atoms. The summed E-state index contributed by atoms with van der Waals surface area (Å²) < 4.78 is 24.4. The highest BCUT2D eigenvalue weighted by Gasteiger charge is 2.20. The Morgan fingerprint density at radius 1 is 1.35 bits per heavy atom. The maximum atomic E-state index is 12.2. The molecule has 0 saturated carbocycles. The fraction of sp³-hybridized carbons (Fsp3) is 0.533. The van der Waals surface area contributed by atoms with Crippen LogP contribution in [0.3, 0.4) is 0 Å². The molecule has 0 aliphatic carbocycles. The Bertz CT molecular complexity index is 595. The monoisotopic (exact) mass is 294 g/mol. The third-order valence-electron chi connectivity index (χ3n) is 3.44. The Morgan fingerprint density at radius 2 is 2.00 bits per heavy atom. The zero-order valence-corrected chi connectivity index (χ0v) is 13.3. The van der Waals surface area contributed by atoms with Crippen LogP contribution in [0.25, 0.3) is 0 Å². The summed E-state index contributed by atoms with van der Waals surface area (Å²) in [6, 6.07) is 8.32. The van der Waals surface area contributed by atoms with Gasteiger partial charge in [0, 0.05) is 12.6 Å². The summed E-state index contributed by atoms with van der Waals surface area (Å²) in [7, 11) is -3.35. The first-order chi connectivity index (χ1) is 9.16. The molecule has 5 heteroatoms. The van der Waals surface area contributed by atoms with E-state index in [0.29, 0.717) is 12.1 Å². The summed E-state index contributed by atoms with van der Waals surface area (Å²) in [5.74, 6) is 0.0301. The van der Waals surface area contributed by atoms with Crippen LogP contribution in [-0.2, 0) is 9.84 Å². The average Bonchev–Trinajstić information content (AvgIpc) is 2.37. The molecule has 0 saturated heterocycles. The van der Waals surface area contributed by atoms with Gasteiger partial charge in [0.15, 0.2) is 9.84 Å². The van der Waals surface area contributed by atoms with Gasteiger partial charge >= 0.3 is 0 Å². The molecule has 0 spiro atoms. The summed E-state index contributed by atoms with van der Waals surface area (Å²) in [4.78, 5) is 0.210. The van der Waals surface area contributed by atoms with E-state index in [1.54, 1.807) is 12.1 Å². The zero-order valence-electron chi connectivity index (χ0n) is 12.5. The summed E-state index contributed by atoms with van der Waals surface area (Å²) in [5, 5.41) is 12.0. The van der Waals surface area contributed by atoms with Gasteiger partial charge in [0.05, 0.1) is 22.3 Å². The third kappa shape index (κ3) is 4.62. The first-order valence-electron chi connectivity index (χ1n) is 6.63. The van der Waals surface area contributed by atoms with Gasteiger partial charge in [-0.15, -0.1) is 0 Å². The van der Waals surface area contributed by atoms with Gasteiger partial charge in [-0.1, -0.05) is 26.8 Å². The molecule has 0 radical (unpaired) electrons. The lowest BCUT2D eigenvalue weighted by Crippen LogP contribution is -2.39. The minimum absolute atomic E-state index is 0.0301. The number of sulfone groups is 1. The van der Waals surface area contributed by atoms with Crippen LogP contribution >= 0.6 is 0 Å². The van der Waals surface area contributed by atoms with Crippen LogP contribution < -0.4 is 5.32 Å². The second-order valence-electron chi connectivity index (χ2n) is 6.00. The SMILES string of the molecule is CC(NCCS(=O)(=O)c1cccc(C#N)c1)C(C)(C)C. The van der Waals surface area contributed by atoms with Crippen molar-refractivity contribution in [2.24, 2.45) is 5.41 Å². The molecule has 0 amide bonds. The number of hydrogen-bond acceptors (Lipinski definition) is 4. The molecular weight excluding hydrogens is 272 g/mol. The molecule has 1 aromatic carbocycles. The van der Waals surface area contributed by atoms with Gasteiger partial charge < -0.3 is 5.32 Å². The Balaban J connectivity index is 2.69. The summed E-state index contributed by atoms with van der Waals surface area (Å²) in [5.41, 5.74) is 0.451. The van der Waals surface area contributed by atoms with Crippen molar-refractivity contribution in [3.05, 3.63) is 29.8 Å². The Hall–Kier alpha value is -1.38. The molecule has 1 N–H and O–H groups in total. The van der Waals surface area contributed by atoms with Gasteiger partial charge in [-0.05, 0) is 30.5 Å². The molecule has 0 aromatic heterocycles. The minimum Gasteiger partial charge on any atom is -0.313 e. The molecule has 1 atom stereocenters. The third-order valence-corrected chi connectivity index (χ3v) is 5.16. The van der Waals surface area contributed by atoms with Crippen LogP contribution in [0.2, 0.25) is 0 Å². The lowest BCUT2D eigenvalue weighted by Gasteiger charge is -2.28. The van der Waals surface area contributed by atoms with Crippen molar-refractivity contribution < 1.29 is 8.42 Å². The summed E-state index contributed by atoms with van der Waals surface area (Å²) in [6.45, 7) is 8.77. The van der Waals surface area contributed by atoms with Crippen LogP contribution in [0, 0.1) is 16.7 Å². The fourth-order valence-electron chi connectivity index (χ4n) is 1.59.